The van der Waals surface area contributed by atoms with E-state index in [0.717, 1.165) is 25.3 Å². The molecule has 0 aliphatic carbocycles. The van der Waals surface area contributed by atoms with E-state index in [1.165, 1.54) is 22.3 Å². The van der Waals surface area contributed by atoms with Gasteiger partial charge in [0.15, 0.2) is 0 Å². The highest BCUT2D eigenvalue weighted by atomic mass is 16.5. The van der Waals surface area contributed by atoms with E-state index >= 15 is 0 Å². The van der Waals surface area contributed by atoms with Crippen LogP contribution in [0.4, 0.5) is 0 Å². The second kappa shape index (κ2) is 9.09. The van der Waals surface area contributed by atoms with Gasteiger partial charge in [-0.25, -0.2) is 0 Å². The number of benzene rings is 1. The maximum atomic E-state index is 12.5. The van der Waals surface area contributed by atoms with Gasteiger partial charge in [-0.3, -0.25) is 4.79 Å². The molecule has 0 radical (unpaired) electrons. The predicted octanol–water partition coefficient (Wildman–Crippen LogP) is 4.21. The molecule has 0 spiro atoms. The Balaban J connectivity index is 3.30. The van der Waals surface area contributed by atoms with E-state index in [-0.39, 0.29) is 16.7 Å². The van der Waals surface area contributed by atoms with Crippen LogP contribution in [0, 0.1) is 6.92 Å². The Morgan fingerprint density at radius 2 is 1.74 bits per heavy atom. The number of amides is 1. The number of rotatable bonds is 7. The summed E-state index contributed by atoms with van der Waals surface area (Å²) in [4.78, 5) is 14.3. The van der Waals surface area contributed by atoms with Gasteiger partial charge in [0.25, 0.3) is 0 Å². The van der Waals surface area contributed by atoms with Gasteiger partial charge in [0.2, 0.25) is 5.91 Å². The van der Waals surface area contributed by atoms with Crippen LogP contribution in [0.25, 0.3) is 0 Å². The summed E-state index contributed by atoms with van der Waals surface area (Å²) in [6, 6.07) is 2.25. The molecule has 0 saturated carbocycles. The molecule has 1 N–H and O–H groups in total. The number of nitrogens with one attached hydrogen (secondary N) is 1. The first kappa shape index (κ1) is 23.5. The lowest BCUT2D eigenvalue weighted by atomic mass is 9.75. The van der Waals surface area contributed by atoms with Gasteiger partial charge in [-0.05, 0) is 42.3 Å². The number of likely N-dealkylation sites (N-methyl/N-ethyl adjacent to an activating group) is 2. The van der Waals surface area contributed by atoms with Crippen molar-refractivity contribution in [3.63, 3.8) is 0 Å². The molecular formula is C23H40N2O2. The molecule has 0 fully saturated rings. The summed E-state index contributed by atoms with van der Waals surface area (Å²) in [7, 11) is 5.54. The van der Waals surface area contributed by atoms with Crippen molar-refractivity contribution < 1.29 is 9.53 Å². The lowest BCUT2D eigenvalue weighted by Gasteiger charge is -2.32. The Labute approximate surface area is 166 Å². The third-order valence-corrected chi connectivity index (χ3v) is 5.14. The van der Waals surface area contributed by atoms with Crippen molar-refractivity contribution in [1.29, 1.82) is 0 Å². The molecule has 1 aromatic rings. The van der Waals surface area contributed by atoms with Gasteiger partial charge in [0, 0.05) is 37.7 Å². The first-order valence-electron chi connectivity index (χ1n) is 9.94. The molecule has 0 bridgehead atoms. The van der Waals surface area contributed by atoms with Gasteiger partial charge < -0.3 is 15.0 Å². The summed E-state index contributed by atoms with van der Waals surface area (Å²) in [6.07, 6.45) is 1.28. The fraction of sp³-hybridized carbons (Fsp3) is 0.696. The predicted molar refractivity (Wildman–Crippen MR) is 115 cm³/mol. The molecule has 0 aromatic heterocycles. The number of ether oxygens (including phenoxy) is 1. The Morgan fingerprint density at radius 3 is 2.19 bits per heavy atom. The minimum atomic E-state index is -0.0287. The monoisotopic (exact) mass is 376 g/mol. The van der Waals surface area contributed by atoms with E-state index in [0.29, 0.717) is 6.42 Å². The summed E-state index contributed by atoms with van der Waals surface area (Å²) >= 11 is 0. The minimum Gasteiger partial charge on any atom is -0.496 e. The van der Waals surface area contributed by atoms with Gasteiger partial charge >= 0.3 is 0 Å². The number of methoxy groups -OCH3 is 1. The fourth-order valence-electron chi connectivity index (χ4n) is 3.58. The standard InChI is InChI=1S/C23H40N2O2/c1-16-17(11-12-19(26)25(9)14-13-24-8)15-18(22(2,3)4)21(27-10)20(16)23(5,6)7/h15,24H,11-14H2,1-10H3. The molecule has 27 heavy (non-hydrogen) atoms. The highest BCUT2D eigenvalue weighted by Crippen LogP contribution is 2.43. The van der Waals surface area contributed by atoms with Crippen LogP contribution in [-0.2, 0) is 22.0 Å². The van der Waals surface area contributed by atoms with E-state index in [4.69, 9.17) is 4.74 Å². The van der Waals surface area contributed by atoms with E-state index < -0.39 is 0 Å². The zero-order valence-corrected chi connectivity index (χ0v) is 19.2. The van der Waals surface area contributed by atoms with Crippen molar-refractivity contribution in [1.82, 2.24) is 10.2 Å². The third-order valence-electron chi connectivity index (χ3n) is 5.14. The van der Waals surface area contributed by atoms with E-state index in [1.807, 2.05) is 19.0 Å². The molecule has 0 unspecified atom stereocenters. The number of nitrogens with zero attached hydrogens (tertiary/aromatic N) is 1. The van der Waals surface area contributed by atoms with Crippen molar-refractivity contribution in [2.24, 2.45) is 0 Å². The molecule has 1 amide bonds. The number of hydrogen-bond acceptors (Lipinski definition) is 3. The molecule has 0 heterocycles. The van der Waals surface area contributed by atoms with Gasteiger partial charge in [0.05, 0.1) is 7.11 Å². The van der Waals surface area contributed by atoms with Crippen LogP contribution in [0.2, 0.25) is 0 Å². The van der Waals surface area contributed by atoms with Gasteiger partial charge in [0.1, 0.15) is 5.75 Å². The molecule has 1 rings (SSSR count). The maximum absolute atomic E-state index is 12.5. The Hall–Kier alpha value is -1.55. The van der Waals surface area contributed by atoms with Crippen molar-refractivity contribution in [3.8, 4) is 5.75 Å². The van der Waals surface area contributed by atoms with Gasteiger partial charge in [-0.15, -0.1) is 0 Å². The molecule has 1 aromatic carbocycles. The molecular weight excluding hydrogens is 336 g/mol. The normalized spacial score (nSPS) is 12.2. The highest BCUT2D eigenvalue weighted by Gasteiger charge is 2.30. The Bertz CT molecular complexity index is 652. The van der Waals surface area contributed by atoms with Gasteiger partial charge in [-0.1, -0.05) is 47.6 Å². The van der Waals surface area contributed by atoms with Crippen LogP contribution in [-0.4, -0.2) is 45.1 Å². The Kier molecular flexibility index (Phi) is 7.91. The Morgan fingerprint density at radius 1 is 1.15 bits per heavy atom. The fourth-order valence-corrected chi connectivity index (χ4v) is 3.58. The van der Waals surface area contributed by atoms with E-state index in [2.05, 4.69) is 59.8 Å². The quantitative estimate of drug-likeness (QED) is 0.775. The van der Waals surface area contributed by atoms with Crippen LogP contribution in [0.5, 0.6) is 5.75 Å². The number of aryl methyl sites for hydroxylation is 1. The molecule has 154 valence electrons. The van der Waals surface area contributed by atoms with Crippen LogP contribution in [0.15, 0.2) is 6.07 Å². The van der Waals surface area contributed by atoms with Gasteiger partial charge in [-0.2, -0.15) is 0 Å². The molecule has 0 aliphatic rings. The third kappa shape index (κ3) is 5.97. The number of hydrogen-bond donors (Lipinski definition) is 1. The topological polar surface area (TPSA) is 41.6 Å². The zero-order chi connectivity index (χ0) is 21.0. The highest BCUT2D eigenvalue weighted by molar-refractivity contribution is 5.76. The summed E-state index contributed by atoms with van der Waals surface area (Å²) < 4.78 is 5.89. The summed E-state index contributed by atoms with van der Waals surface area (Å²) in [5.74, 6) is 1.18. The van der Waals surface area contributed by atoms with Crippen LogP contribution in [0.1, 0.15) is 70.2 Å². The van der Waals surface area contributed by atoms with Crippen molar-refractivity contribution in [2.75, 3.05) is 34.3 Å². The number of carbonyl (C=O) groups excluding carboxylic acids is 1. The first-order valence-corrected chi connectivity index (χ1v) is 9.94. The molecule has 0 saturated heterocycles. The zero-order valence-electron chi connectivity index (χ0n) is 19.2. The molecule has 4 nitrogen and oxygen atoms in total. The maximum Gasteiger partial charge on any atom is 0.222 e. The smallest absolute Gasteiger partial charge is 0.222 e. The summed E-state index contributed by atoms with van der Waals surface area (Å²) in [6.45, 7) is 17.0. The summed E-state index contributed by atoms with van der Waals surface area (Å²) in [5.41, 5.74) is 4.91. The average molecular weight is 377 g/mol. The minimum absolute atomic E-state index is 0.0264. The van der Waals surface area contributed by atoms with Crippen molar-refractivity contribution in [2.45, 2.75) is 72.1 Å². The van der Waals surface area contributed by atoms with E-state index in [9.17, 15) is 4.79 Å². The molecule has 0 aliphatic heterocycles. The second-order valence-electron chi connectivity index (χ2n) is 9.54. The SMILES string of the molecule is CNCCN(C)C(=O)CCc1cc(C(C)(C)C)c(OC)c(C(C)(C)C)c1C. The molecule has 4 heteroatoms. The van der Waals surface area contributed by atoms with Crippen molar-refractivity contribution >= 4 is 5.91 Å². The second-order valence-corrected chi connectivity index (χ2v) is 9.54. The van der Waals surface area contributed by atoms with Crippen molar-refractivity contribution in [3.05, 3.63) is 28.3 Å². The van der Waals surface area contributed by atoms with Crippen LogP contribution in [0.3, 0.4) is 0 Å². The van der Waals surface area contributed by atoms with Crippen LogP contribution >= 0.6 is 0 Å². The summed E-state index contributed by atoms with van der Waals surface area (Å²) in [5, 5.41) is 3.09. The lowest BCUT2D eigenvalue weighted by molar-refractivity contribution is -0.129. The lowest BCUT2D eigenvalue weighted by Crippen LogP contribution is -2.33. The first-order chi connectivity index (χ1) is 12.3. The largest absolute Gasteiger partial charge is 0.496 e. The molecule has 0 atom stereocenters. The average Bonchev–Trinajstić information content (AvgIpc) is 2.55. The number of carbonyl (C=O) groups is 1. The van der Waals surface area contributed by atoms with Crippen LogP contribution < -0.4 is 10.1 Å². The van der Waals surface area contributed by atoms with E-state index in [1.54, 1.807) is 7.11 Å².